The van der Waals surface area contributed by atoms with Crippen LogP contribution in [-0.4, -0.2) is 16.9 Å². The molecule has 2 atom stereocenters. The summed E-state index contributed by atoms with van der Waals surface area (Å²) in [6.45, 7) is 1.89. The number of rotatable bonds is 2. The van der Waals surface area contributed by atoms with Gasteiger partial charge in [-0.1, -0.05) is 12.8 Å². The standard InChI is InChI=1S/C13H19N3O/c1-9-12(7-4-8-15-9)16-13(17)10-5-2-3-6-11(10)14/h4,7-8,10-11H,2-3,5-6,14H2,1H3,(H,16,17). The molecule has 92 valence electrons. The van der Waals surface area contributed by atoms with Crippen molar-refractivity contribution in [1.29, 1.82) is 0 Å². The van der Waals surface area contributed by atoms with Crippen LogP contribution in [0.25, 0.3) is 0 Å². The van der Waals surface area contributed by atoms with Crippen molar-refractivity contribution in [3.63, 3.8) is 0 Å². The fraction of sp³-hybridized carbons (Fsp3) is 0.538. The molecule has 1 aliphatic rings. The first kappa shape index (κ1) is 12.0. The first-order valence-corrected chi connectivity index (χ1v) is 6.16. The largest absolute Gasteiger partial charge is 0.327 e. The molecule has 0 radical (unpaired) electrons. The third-order valence-corrected chi connectivity index (χ3v) is 3.42. The van der Waals surface area contributed by atoms with E-state index >= 15 is 0 Å². The van der Waals surface area contributed by atoms with Gasteiger partial charge in [0.05, 0.1) is 17.3 Å². The van der Waals surface area contributed by atoms with Gasteiger partial charge in [0.15, 0.2) is 0 Å². The number of pyridine rings is 1. The molecule has 1 heterocycles. The molecular weight excluding hydrogens is 214 g/mol. The molecule has 3 N–H and O–H groups in total. The number of nitrogens with one attached hydrogen (secondary N) is 1. The van der Waals surface area contributed by atoms with Gasteiger partial charge in [0.2, 0.25) is 5.91 Å². The van der Waals surface area contributed by atoms with Gasteiger partial charge >= 0.3 is 0 Å². The predicted octanol–water partition coefficient (Wildman–Crippen LogP) is 1.85. The predicted molar refractivity (Wildman–Crippen MR) is 67.5 cm³/mol. The Bertz CT molecular complexity index is 405. The molecule has 1 aromatic heterocycles. The zero-order chi connectivity index (χ0) is 12.3. The summed E-state index contributed by atoms with van der Waals surface area (Å²) in [7, 11) is 0. The van der Waals surface area contributed by atoms with Crippen LogP contribution in [-0.2, 0) is 4.79 Å². The van der Waals surface area contributed by atoms with Crippen molar-refractivity contribution in [2.45, 2.75) is 38.6 Å². The summed E-state index contributed by atoms with van der Waals surface area (Å²) < 4.78 is 0. The minimum absolute atomic E-state index is 0.000674. The summed E-state index contributed by atoms with van der Waals surface area (Å²) >= 11 is 0. The molecule has 1 saturated carbocycles. The van der Waals surface area contributed by atoms with Crippen LogP contribution in [0.1, 0.15) is 31.4 Å². The molecule has 1 aromatic rings. The lowest BCUT2D eigenvalue weighted by atomic mass is 9.84. The third-order valence-electron chi connectivity index (χ3n) is 3.42. The fourth-order valence-corrected chi connectivity index (χ4v) is 2.33. The molecule has 0 spiro atoms. The summed E-state index contributed by atoms with van der Waals surface area (Å²) in [5.74, 6) is -0.0170. The summed E-state index contributed by atoms with van der Waals surface area (Å²) in [5, 5.41) is 2.93. The highest BCUT2D eigenvalue weighted by atomic mass is 16.1. The second-order valence-corrected chi connectivity index (χ2v) is 4.68. The van der Waals surface area contributed by atoms with E-state index in [0.717, 1.165) is 37.1 Å². The Morgan fingerprint density at radius 3 is 2.94 bits per heavy atom. The number of amides is 1. The molecule has 4 heteroatoms. The van der Waals surface area contributed by atoms with E-state index < -0.39 is 0 Å². The van der Waals surface area contributed by atoms with Gasteiger partial charge in [-0.3, -0.25) is 9.78 Å². The highest BCUT2D eigenvalue weighted by Crippen LogP contribution is 2.24. The lowest BCUT2D eigenvalue weighted by Gasteiger charge is -2.27. The minimum atomic E-state index is -0.0524. The quantitative estimate of drug-likeness (QED) is 0.819. The van der Waals surface area contributed by atoms with E-state index in [1.54, 1.807) is 6.20 Å². The average Bonchev–Trinajstić information content (AvgIpc) is 2.32. The van der Waals surface area contributed by atoms with Gasteiger partial charge in [0.25, 0.3) is 0 Å². The molecule has 0 aromatic carbocycles. The van der Waals surface area contributed by atoms with Crippen LogP contribution >= 0.6 is 0 Å². The van der Waals surface area contributed by atoms with Gasteiger partial charge in [-0.25, -0.2) is 0 Å². The zero-order valence-corrected chi connectivity index (χ0v) is 10.1. The SMILES string of the molecule is Cc1ncccc1NC(=O)C1CCCCC1N. The van der Waals surface area contributed by atoms with Gasteiger partial charge in [-0.05, 0) is 31.9 Å². The number of anilines is 1. The van der Waals surface area contributed by atoms with Crippen molar-refractivity contribution in [2.24, 2.45) is 11.7 Å². The Balaban J connectivity index is 2.03. The number of aromatic nitrogens is 1. The summed E-state index contributed by atoms with van der Waals surface area (Å²) in [6, 6.07) is 3.69. The number of nitrogens with two attached hydrogens (primary N) is 1. The number of nitrogens with zero attached hydrogens (tertiary/aromatic N) is 1. The minimum Gasteiger partial charge on any atom is -0.327 e. The van der Waals surface area contributed by atoms with Crippen molar-refractivity contribution in [2.75, 3.05) is 5.32 Å². The highest BCUT2D eigenvalue weighted by molar-refractivity contribution is 5.93. The number of hydrogen-bond donors (Lipinski definition) is 2. The van der Waals surface area contributed by atoms with Crippen molar-refractivity contribution in [3.8, 4) is 0 Å². The molecule has 2 unspecified atom stereocenters. The van der Waals surface area contributed by atoms with Gasteiger partial charge in [-0.2, -0.15) is 0 Å². The molecule has 0 saturated heterocycles. The van der Waals surface area contributed by atoms with Crippen molar-refractivity contribution >= 4 is 11.6 Å². The van der Waals surface area contributed by atoms with Gasteiger partial charge in [0, 0.05) is 12.2 Å². The molecule has 0 bridgehead atoms. The van der Waals surface area contributed by atoms with Crippen LogP contribution in [0, 0.1) is 12.8 Å². The van der Waals surface area contributed by atoms with Crippen LogP contribution in [0.3, 0.4) is 0 Å². The Hall–Kier alpha value is -1.42. The molecule has 1 fully saturated rings. The van der Waals surface area contributed by atoms with Gasteiger partial charge < -0.3 is 11.1 Å². The van der Waals surface area contributed by atoms with Crippen molar-refractivity contribution < 1.29 is 4.79 Å². The van der Waals surface area contributed by atoms with Crippen LogP contribution < -0.4 is 11.1 Å². The molecule has 4 nitrogen and oxygen atoms in total. The number of carbonyl (C=O) groups excluding carboxylic acids is 1. The number of carbonyl (C=O) groups is 1. The third kappa shape index (κ3) is 2.82. The van der Waals surface area contributed by atoms with E-state index in [0.29, 0.717) is 0 Å². The van der Waals surface area contributed by atoms with Crippen molar-refractivity contribution in [3.05, 3.63) is 24.0 Å². The fourth-order valence-electron chi connectivity index (χ4n) is 2.33. The average molecular weight is 233 g/mol. The summed E-state index contributed by atoms with van der Waals surface area (Å²) in [4.78, 5) is 16.3. The lowest BCUT2D eigenvalue weighted by molar-refractivity contribution is -0.121. The molecule has 0 aliphatic heterocycles. The van der Waals surface area contributed by atoms with E-state index in [9.17, 15) is 4.79 Å². The molecule has 2 rings (SSSR count). The van der Waals surface area contributed by atoms with Crippen LogP contribution in [0.15, 0.2) is 18.3 Å². The molecule has 17 heavy (non-hydrogen) atoms. The van der Waals surface area contributed by atoms with Crippen LogP contribution in [0.4, 0.5) is 5.69 Å². The van der Waals surface area contributed by atoms with E-state index in [2.05, 4.69) is 10.3 Å². The van der Waals surface area contributed by atoms with Gasteiger partial charge in [0.1, 0.15) is 0 Å². The van der Waals surface area contributed by atoms with E-state index in [1.807, 2.05) is 19.1 Å². The van der Waals surface area contributed by atoms with Crippen LogP contribution in [0.2, 0.25) is 0 Å². The zero-order valence-electron chi connectivity index (χ0n) is 10.1. The summed E-state index contributed by atoms with van der Waals surface area (Å²) in [6.07, 6.45) is 5.79. The Morgan fingerprint density at radius 2 is 2.24 bits per heavy atom. The highest BCUT2D eigenvalue weighted by Gasteiger charge is 2.28. The van der Waals surface area contributed by atoms with E-state index in [1.165, 1.54) is 0 Å². The lowest BCUT2D eigenvalue weighted by Crippen LogP contribution is -2.40. The van der Waals surface area contributed by atoms with E-state index in [4.69, 9.17) is 5.73 Å². The number of hydrogen-bond acceptors (Lipinski definition) is 3. The molecule has 1 aliphatic carbocycles. The maximum atomic E-state index is 12.1. The maximum Gasteiger partial charge on any atom is 0.229 e. The van der Waals surface area contributed by atoms with E-state index in [-0.39, 0.29) is 17.9 Å². The monoisotopic (exact) mass is 233 g/mol. The molecular formula is C13H19N3O. The van der Waals surface area contributed by atoms with Crippen LogP contribution in [0.5, 0.6) is 0 Å². The Kier molecular flexibility index (Phi) is 3.74. The first-order valence-electron chi connectivity index (χ1n) is 6.16. The van der Waals surface area contributed by atoms with Crippen molar-refractivity contribution in [1.82, 2.24) is 4.98 Å². The Morgan fingerprint density at radius 1 is 1.47 bits per heavy atom. The first-order chi connectivity index (χ1) is 8.18. The number of aryl methyl sites for hydroxylation is 1. The second kappa shape index (κ2) is 5.27. The second-order valence-electron chi connectivity index (χ2n) is 4.68. The Labute approximate surface area is 102 Å². The smallest absolute Gasteiger partial charge is 0.229 e. The van der Waals surface area contributed by atoms with Gasteiger partial charge in [-0.15, -0.1) is 0 Å². The molecule has 1 amide bonds. The topological polar surface area (TPSA) is 68.0 Å². The summed E-state index contributed by atoms with van der Waals surface area (Å²) in [5.41, 5.74) is 7.62. The normalized spacial score (nSPS) is 24.4. The maximum absolute atomic E-state index is 12.1.